The average Bonchev–Trinajstić information content (AvgIpc) is 3.08. The minimum Gasteiger partial charge on any atom is -0.497 e. The van der Waals surface area contributed by atoms with Gasteiger partial charge in [-0.25, -0.2) is 0 Å². The second-order valence-electron chi connectivity index (χ2n) is 6.92. The fourth-order valence-corrected chi connectivity index (χ4v) is 2.54. The second-order valence-corrected chi connectivity index (χ2v) is 6.92. The Balaban J connectivity index is 1.79. The number of nitrogens with zero attached hydrogens (tertiary/aromatic N) is 2. The second kappa shape index (κ2) is 9.16. The number of aliphatic carboxylic acids is 1. The first kappa shape index (κ1) is 20.4. The van der Waals surface area contributed by atoms with Gasteiger partial charge in [0.25, 0.3) is 0 Å². The van der Waals surface area contributed by atoms with Crippen molar-refractivity contribution in [2.24, 2.45) is 0 Å². The molecule has 1 aromatic carbocycles. The first-order chi connectivity index (χ1) is 12.8. The van der Waals surface area contributed by atoms with Crippen LogP contribution in [-0.4, -0.2) is 39.8 Å². The Hall–Kier alpha value is -2.90. The smallest absolute Gasteiger partial charge is 0.303 e. The topological polar surface area (TPSA) is 115 Å². The van der Waals surface area contributed by atoms with E-state index >= 15 is 0 Å². The molecule has 2 aromatic rings. The molecule has 0 spiro atoms. The highest BCUT2D eigenvalue weighted by Gasteiger charge is 2.21. The molecule has 2 N–H and O–H groups in total. The van der Waals surface area contributed by atoms with Crippen molar-refractivity contribution in [3.05, 3.63) is 30.2 Å². The Kier molecular flexibility index (Phi) is 6.92. The highest BCUT2D eigenvalue weighted by atomic mass is 16.5. The predicted molar refractivity (Wildman–Crippen MR) is 98.3 cm³/mol. The number of carboxylic acid groups (broad SMARTS) is 1. The number of aromatic nitrogens is 2. The van der Waals surface area contributed by atoms with Gasteiger partial charge in [-0.3, -0.25) is 9.59 Å². The zero-order valence-corrected chi connectivity index (χ0v) is 15.8. The molecule has 1 heterocycles. The summed E-state index contributed by atoms with van der Waals surface area (Å²) in [7, 11) is 1.60. The number of amides is 1. The van der Waals surface area contributed by atoms with Crippen LogP contribution in [0.4, 0.5) is 0 Å². The lowest BCUT2D eigenvalue weighted by Gasteiger charge is -2.25. The summed E-state index contributed by atoms with van der Waals surface area (Å²) in [6, 6.07) is 7.34. The molecule has 27 heavy (non-hydrogen) atoms. The molecule has 0 atom stereocenters. The first-order valence-corrected chi connectivity index (χ1v) is 8.79. The van der Waals surface area contributed by atoms with Gasteiger partial charge in [-0.2, -0.15) is 4.98 Å². The molecule has 0 bridgehead atoms. The molecular weight excluding hydrogens is 350 g/mol. The van der Waals surface area contributed by atoms with Crippen molar-refractivity contribution in [1.29, 1.82) is 0 Å². The van der Waals surface area contributed by atoms with E-state index in [9.17, 15) is 9.59 Å². The molecule has 8 nitrogen and oxygen atoms in total. The number of methoxy groups -OCH3 is 1. The van der Waals surface area contributed by atoms with Crippen LogP contribution >= 0.6 is 0 Å². The molecule has 0 aliphatic carbocycles. The van der Waals surface area contributed by atoms with Crippen molar-refractivity contribution in [3.8, 4) is 17.1 Å². The number of nitrogens with one attached hydrogen (secondary N) is 1. The normalized spacial score (nSPS) is 11.2. The summed E-state index contributed by atoms with van der Waals surface area (Å²) in [5, 5.41) is 15.6. The molecule has 0 unspecified atom stereocenters. The van der Waals surface area contributed by atoms with Crippen LogP contribution in [0.25, 0.3) is 11.4 Å². The number of benzene rings is 1. The summed E-state index contributed by atoms with van der Waals surface area (Å²) in [5.74, 6) is 0.715. The molecule has 1 aromatic heterocycles. The van der Waals surface area contributed by atoms with Crippen molar-refractivity contribution in [1.82, 2.24) is 15.5 Å². The molecule has 0 aliphatic rings. The number of hydrogen-bond acceptors (Lipinski definition) is 6. The number of hydrogen-bond donors (Lipinski definition) is 2. The quantitative estimate of drug-likeness (QED) is 0.656. The third kappa shape index (κ3) is 6.73. The lowest BCUT2D eigenvalue weighted by Crippen LogP contribution is -2.43. The first-order valence-electron chi connectivity index (χ1n) is 8.79. The summed E-state index contributed by atoms with van der Waals surface area (Å²) < 4.78 is 10.3. The summed E-state index contributed by atoms with van der Waals surface area (Å²) >= 11 is 0. The van der Waals surface area contributed by atoms with Gasteiger partial charge in [-0.05, 0) is 51.0 Å². The lowest BCUT2D eigenvalue weighted by atomic mass is 9.98. The van der Waals surface area contributed by atoms with Crippen molar-refractivity contribution in [3.63, 3.8) is 0 Å². The van der Waals surface area contributed by atoms with Crippen molar-refractivity contribution < 1.29 is 24.0 Å². The van der Waals surface area contributed by atoms with Gasteiger partial charge >= 0.3 is 5.97 Å². The van der Waals surface area contributed by atoms with Crippen LogP contribution in [0, 0.1) is 0 Å². The zero-order valence-electron chi connectivity index (χ0n) is 15.8. The number of ether oxygens (including phenoxy) is 1. The average molecular weight is 375 g/mol. The molecule has 8 heteroatoms. The van der Waals surface area contributed by atoms with Gasteiger partial charge in [-0.15, -0.1) is 0 Å². The molecule has 0 radical (unpaired) electrons. The summed E-state index contributed by atoms with van der Waals surface area (Å²) in [4.78, 5) is 27.0. The van der Waals surface area contributed by atoms with Gasteiger partial charge in [-0.1, -0.05) is 5.16 Å². The number of aryl methyl sites for hydroxylation is 1. The molecule has 0 saturated carbocycles. The maximum Gasteiger partial charge on any atom is 0.303 e. The Bertz CT molecular complexity index is 768. The van der Waals surface area contributed by atoms with E-state index < -0.39 is 11.5 Å². The van der Waals surface area contributed by atoms with E-state index in [4.69, 9.17) is 14.4 Å². The Morgan fingerprint density at radius 1 is 1.22 bits per heavy atom. The molecule has 0 aliphatic heterocycles. The van der Waals surface area contributed by atoms with E-state index in [1.54, 1.807) is 7.11 Å². The van der Waals surface area contributed by atoms with Crippen LogP contribution in [0.3, 0.4) is 0 Å². The highest BCUT2D eigenvalue weighted by molar-refractivity contribution is 5.76. The molecule has 0 saturated heterocycles. The zero-order chi connectivity index (χ0) is 19.9. The number of rotatable bonds is 10. The van der Waals surface area contributed by atoms with E-state index in [0.717, 1.165) is 11.3 Å². The van der Waals surface area contributed by atoms with Gasteiger partial charge in [0, 0.05) is 30.4 Å². The Labute approximate surface area is 157 Å². The molecule has 1 amide bonds. The minimum absolute atomic E-state index is 0.0173. The van der Waals surface area contributed by atoms with E-state index in [1.165, 1.54) is 0 Å². The number of carbonyl (C=O) groups excluding carboxylic acids is 1. The highest BCUT2D eigenvalue weighted by Crippen LogP contribution is 2.20. The molecule has 0 fully saturated rings. The SMILES string of the molecule is COc1ccc(-c2noc(CCCC(=O)NC(C)(C)CCC(=O)O)n2)cc1. The lowest BCUT2D eigenvalue weighted by molar-refractivity contribution is -0.137. The van der Waals surface area contributed by atoms with Gasteiger partial charge in [0.15, 0.2) is 0 Å². The third-order valence-electron chi connectivity index (χ3n) is 4.05. The van der Waals surface area contributed by atoms with Gasteiger partial charge in [0.05, 0.1) is 7.11 Å². The fraction of sp³-hybridized carbons (Fsp3) is 0.474. The summed E-state index contributed by atoms with van der Waals surface area (Å²) in [6.07, 6.45) is 1.75. The van der Waals surface area contributed by atoms with Crippen molar-refractivity contribution in [2.75, 3.05) is 7.11 Å². The van der Waals surface area contributed by atoms with E-state index in [-0.39, 0.29) is 12.3 Å². The van der Waals surface area contributed by atoms with Crippen LogP contribution < -0.4 is 10.1 Å². The summed E-state index contributed by atoms with van der Waals surface area (Å²) in [5.41, 5.74) is 0.269. The van der Waals surface area contributed by atoms with Gasteiger partial charge in [0.2, 0.25) is 17.6 Å². The van der Waals surface area contributed by atoms with Crippen molar-refractivity contribution in [2.45, 2.75) is 51.5 Å². The minimum atomic E-state index is -0.874. The largest absolute Gasteiger partial charge is 0.497 e. The maximum atomic E-state index is 12.0. The standard InChI is InChI=1S/C19H25N3O5/c1-19(2,12-11-17(24)25)21-15(23)5-4-6-16-20-18(22-27-16)13-7-9-14(26-3)10-8-13/h7-10H,4-6,11-12H2,1-3H3,(H,21,23)(H,24,25). The van der Waals surface area contributed by atoms with Crippen LogP contribution in [-0.2, 0) is 16.0 Å². The molecule has 2 rings (SSSR count). The number of carboxylic acids is 1. The van der Waals surface area contributed by atoms with Crippen LogP contribution in [0.1, 0.15) is 45.4 Å². The van der Waals surface area contributed by atoms with Crippen LogP contribution in [0.2, 0.25) is 0 Å². The summed E-state index contributed by atoms with van der Waals surface area (Å²) in [6.45, 7) is 3.62. The van der Waals surface area contributed by atoms with E-state index in [0.29, 0.717) is 37.4 Å². The van der Waals surface area contributed by atoms with E-state index in [2.05, 4.69) is 15.5 Å². The maximum absolute atomic E-state index is 12.0. The molecular formula is C19H25N3O5. The monoisotopic (exact) mass is 375 g/mol. The molecule has 146 valence electrons. The van der Waals surface area contributed by atoms with Gasteiger partial charge < -0.3 is 19.7 Å². The van der Waals surface area contributed by atoms with Gasteiger partial charge in [0.1, 0.15) is 5.75 Å². The third-order valence-corrected chi connectivity index (χ3v) is 4.05. The van der Waals surface area contributed by atoms with Crippen LogP contribution in [0.5, 0.6) is 5.75 Å². The fourth-order valence-electron chi connectivity index (χ4n) is 2.54. The van der Waals surface area contributed by atoms with Crippen molar-refractivity contribution >= 4 is 11.9 Å². The Morgan fingerprint density at radius 2 is 1.93 bits per heavy atom. The predicted octanol–water partition coefficient (Wildman–Crippen LogP) is 2.83. The van der Waals surface area contributed by atoms with Crippen LogP contribution in [0.15, 0.2) is 28.8 Å². The van der Waals surface area contributed by atoms with E-state index in [1.807, 2.05) is 38.1 Å². The Morgan fingerprint density at radius 3 is 2.56 bits per heavy atom. The number of carbonyl (C=O) groups is 2.